The van der Waals surface area contributed by atoms with Crippen LogP contribution in [0, 0.1) is 12.3 Å². The highest BCUT2D eigenvalue weighted by Gasteiger charge is 1.89. The zero-order chi connectivity index (χ0) is 7.94. The second-order valence-corrected chi connectivity index (χ2v) is 3.04. The summed E-state index contributed by atoms with van der Waals surface area (Å²) >= 11 is 1.73. The summed E-state index contributed by atoms with van der Waals surface area (Å²) in [7, 11) is 0. The van der Waals surface area contributed by atoms with Crippen molar-refractivity contribution >= 4 is 11.8 Å². The molecule has 0 amide bonds. The lowest BCUT2D eigenvalue weighted by molar-refractivity contribution is 1.25. The van der Waals surface area contributed by atoms with Crippen molar-refractivity contribution in [1.29, 1.82) is 0 Å². The molecule has 0 aliphatic heterocycles. The van der Waals surface area contributed by atoms with E-state index in [2.05, 4.69) is 17.0 Å². The van der Waals surface area contributed by atoms with Crippen molar-refractivity contribution in [3.63, 3.8) is 0 Å². The molecule has 0 aromatic carbocycles. The number of rotatable bonds is 3. The zero-order valence-corrected chi connectivity index (χ0v) is 6.97. The van der Waals surface area contributed by atoms with Gasteiger partial charge in [0, 0.05) is 18.1 Å². The molecule has 1 heterocycles. The average molecular weight is 163 g/mol. The summed E-state index contributed by atoms with van der Waals surface area (Å²) < 4.78 is 0. The first-order chi connectivity index (χ1) is 5.43. The quantitative estimate of drug-likeness (QED) is 0.499. The molecule has 0 N–H and O–H groups in total. The Morgan fingerprint density at radius 3 is 3.18 bits per heavy atom. The maximum atomic E-state index is 5.11. The van der Waals surface area contributed by atoms with E-state index in [-0.39, 0.29) is 0 Å². The lowest BCUT2D eigenvalue weighted by Crippen LogP contribution is -1.81. The summed E-state index contributed by atoms with van der Waals surface area (Å²) in [6.07, 6.45) is 8.74. The van der Waals surface area contributed by atoms with Crippen molar-refractivity contribution in [3.05, 3.63) is 30.1 Å². The van der Waals surface area contributed by atoms with Gasteiger partial charge < -0.3 is 0 Å². The largest absolute Gasteiger partial charge is 0.264 e. The first kappa shape index (κ1) is 8.16. The summed E-state index contributed by atoms with van der Waals surface area (Å²) in [5.74, 6) is 4.31. The Labute approximate surface area is 71.2 Å². The summed E-state index contributed by atoms with van der Waals surface area (Å²) in [6.45, 7) is 0. The molecule has 0 radical (unpaired) electrons. The van der Waals surface area contributed by atoms with Crippen LogP contribution in [0.25, 0.3) is 0 Å². The van der Waals surface area contributed by atoms with E-state index in [0.29, 0.717) is 0 Å². The summed E-state index contributed by atoms with van der Waals surface area (Å²) in [5.41, 5.74) is 1.23. The molecule has 0 bridgehead atoms. The highest BCUT2D eigenvalue weighted by molar-refractivity contribution is 7.98. The molecule has 0 unspecified atom stereocenters. The van der Waals surface area contributed by atoms with E-state index in [4.69, 9.17) is 6.42 Å². The summed E-state index contributed by atoms with van der Waals surface area (Å²) in [5, 5.41) is 0. The van der Waals surface area contributed by atoms with Crippen LogP contribution in [-0.4, -0.2) is 10.7 Å². The van der Waals surface area contributed by atoms with Crippen LogP contribution in [0.5, 0.6) is 0 Å². The van der Waals surface area contributed by atoms with Gasteiger partial charge in [0.15, 0.2) is 0 Å². The minimum atomic E-state index is 0.773. The van der Waals surface area contributed by atoms with E-state index >= 15 is 0 Å². The standard InChI is InChI=1S/C9H9NS/c1-2-6-11-8-9-4-3-5-10-7-9/h1,3-5,7H,6,8H2. The van der Waals surface area contributed by atoms with Gasteiger partial charge in [0.2, 0.25) is 0 Å². The van der Waals surface area contributed by atoms with E-state index in [1.54, 1.807) is 18.0 Å². The van der Waals surface area contributed by atoms with Crippen molar-refractivity contribution in [1.82, 2.24) is 4.98 Å². The number of hydrogen-bond donors (Lipinski definition) is 0. The second-order valence-electron chi connectivity index (χ2n) is 2.06. The maximum Gasteiger partial charge on any atom is 0.0548 e. The maximum absolute atomic E-state index is 5.11. The molecule has 0 atom stereocenters. The molecule has 56 valence electrons. The molecule has 0 aliphatic carbocycles. The molecule has 2 heteroatoms. The van der Waals surface area contributed by atoms with Gasteiger partial charge in [-0.05, 0) is 11.6 Å². The predicted molar refractivity (Wildman–Crippen MR) is 49.2 cm³/mol. The molecule has 1 aromatic rings. The number of terminal acetylenes is 1. The van der Waals surface area contributed by atoms with Crippen molar-refractivity contribution in [3.8, 4) is 12.3 Å². The molecule has 0 spiro atoms. The van der Waals surface area contributed by atoms with Crippen molar-refractivity contribution in [2.75, 3.05) is 5.75 Å². The summed E-state index contributed by atoms with van der Waals surface area (Å²) in [6, 6.07) is 3.99. The third-order valence-electron chi connectivity index (χ3n) is 1.18. The van der Waals surface area contributed by atoms with Crippen LogP contribution >= 0.6 is 11.8 Å². The molecule has 0 saturated heterocycles. The molecule has 1 nitrogen and oxygen atoms in total. The van der Waals surface area contributed by atoms with Gasteiger partial charge in [0.25, 0.3) is 0 Å². The molecule has 1 aromatic heterocycles. The van der Waals surface area contributed by atoms with Gasteiger partial charge in [0.05, 0.1) is 5.75 Å². The summed E-state index contributed by atoms with van der Waals surface area (Å²) in [4.78, 5) is 4.00. The third kappa shape index (κ3) is 3.10. The smallest absolute Gasteiger partial charge is 0.0548 e. The first-order valence-corrected chi connectivity index (χ1v) is 4.49. The molecule has 11 heavy (non-hydrogen) atoms. The Balaban J connectivity index is 2.35. The Kier molecular flexibility index (Phi) is 3.57. The first-order valence-electron chi connectivity index (χ1n) is 3.33. The molecule has 0 fully saturated rings. The lowest BCUT2D eigenvalue weighted by atomic mass is 10.3. The molecular formula is C9H9NS. The van der Waals surface area contributed by atoms with Gasteiger partial charge >= 0.3 is 0 Å². The fraction of sp³-hybridized carbons (Fsp3) is 0.222. The minimum absolute atomic E-state index is 0.773. The number of nitrogens with zero attached hydrogens (tertiary/aromatic N) is 1. The highest BCUT2D eigenvalue weighted by atomic mass is 32.2. The van der Waals surface area contributed by atoms with Gasteiger partial charge in [-0.25, -0.2) is 0 Å². The highest BCUT2D eigenvalue weighted by Crippen LogP contribution is 2.08. The van der Waals surface area contributed by atoms with Crippen molar-refractivity contribution in [2.24, 2.45) is 0 Å². The van der Waals surface area contributed by atoms with E-state index in [9.17, 15) is 0 Å². The SMILES string of the molecule is C#CCSCc1cccnc1. The second kappa shape index (κ2) is 4.81. The lowest BCUT2D eigenvalue weighted by Gasteiger charge is -1.95. The molecule has 0 saturated carbocycles. The van der Waals surface area contributed by atoms with Gasteiger partial charge in [-0.2, -0.15) is 0 Å². The van der Waals surface area contributed by atoms with Gasteiger partial charge in [-0.3, -0.25) is 4.98 Å². The van der Waals surface area contributed by atoms with E-state index in [1.807, 2.05) is 12.3 Å². The van der Waals surface area contributed by atoms with Crippen LogP contribution < -0.4 is 0 Å². The number of pyridine rings is 1. The van der Waals surface area contributed by atoms with E-state index in [1.165, 1.54) is 5.56 Å². The van der Waals surface area contributed by atoms with Crippen LogP contribution in [0.4, 0.5) is 0 Å². The van der Waals surface area contributed by atoms with Crippen LogP contribution in [0.3, 0.4) is 0 Å². The monoisotopic (exact) mass is 163 g/mol. The Hall–Kier alpha value is -0.940. The molecular weight excluding hydrogens is 154 g/mol. The Morgan fingerprint density at radius 1 is 1.64 bits per heavy atom. The van der Waals surface area contributed by atoms with Gasteiger partial charge in [0.1, 0.15) is 0 Å². The van der Waals surface area contributed by atoms with E-state index in [0.717, 1.165) is 11.5 Å². The minimum Gasteiger partial charge on any atom is -0.264 e. The van der Waals surface area contributed by atoms with Crippen molar-refractivity contribution in [2.45, 2.75) is 5.75 Å². The molecule has 1 rings (SSSR count). The third-order valence-corrected chi connectivity index (χ3v) is 2.09. The average Bonchev–Trinajstić information content (AvgIpc) is 2.07. The zero-order valence-electron chi connectivity index (χ0n) is 6.16. The van der Waals surface area contributed by atoms with Crippen LogP contribution in [0.1, 0.15) is 5.56 Å². The fourth-order valence-electron chi connectivity index (χ4n) is 0.711. The normalized spacial score (nSPS) is 9.00. The van der Waals surface area contributed by atoms with Crippen LogP contribution in [0.15, 0.2) is 24.5 Å². The Morgan fingerprint density at radius 2 is 2.55 bits per heavy atom. The van der Waals surface area contributed by atoms with Gasteiger partial charge in [-0.1, -0.05) is 12.0 Å². The number of hydrogen-bond acceptors (Lipinski definition) is 2. The van der Waals surface area contributed by atoms with E-state index < -0.39 is 0 Å². The van der Waals surface area contributed by atoms with Crippen LogP contribution in [-0.2, 0) is 5.75 Å². The topological polar surface area (TPSA) is 12.9 Å². The number of aromatic nitrogens is 1. The van der Waals surface area contributed by atoms with Crippen LogP contribution in [0.2, 0.25) is 0 Å². The predicted octanol–water partition coefficient (Wildman–Crippen LogP) is 1.95. The Bertz CT molecular complexity index is 237. The fourth-order valence-corrected chi connectivity index (χ4v) is 1.34. The molecule has 0 aliphatic rings. The van der Waals surface area contributed by atoms with Gasteiger partial charge in [-0.15, -0.1) is 18.2 Å². The number of thioether (sulfide) groups is 1. The van der Waals surface area contributed by atoms with Crippen molar-refractivity contribution < 1.29 is 0 Å².